The first kappa shape index (κ1) is 17.7. The number of hydrogen-bond donors (Lipinski definition) is 2. The molecule has 2 aromatic carbocycles. The molecule has 0 saturated carbocycles. The highest BCUT2D eigenvalue weighted by molar-refractivity contribution is 5.94. The molecule has 1 aliphatic heterocycles. The van der Waals surface area contributed by atoms with Gasteiger partial charge < -0.3 is 24.8 Å². The number of aromatic nitrogens is 1. The molecule has 0 fully saturated rings. The predicted octanol–water partition coefficient (Wildman–Crippen LogP) is 3.49. The highest BCUT2D eigenvalue weighted by Gasteiger charge is 2.13. The number of carbonyl (C=O) groups is 1. The minimum absolute atomic E-state index is 0.182. The lowest BCUT2D eigenvalue weighted by molar-refractivity contribution is 0.0950. The molecule has 1 amide bonds. The summed E-state index contributed by atoms with van der Waals surface area (Å²) in [6.45, 7) is 0.664. The van der Waals surface area contributed by atoms with Gasteiger partial charge in [-0.3, -0.25) is 4.79 Å². The van der Waals surface area contributed by atoms with Gasteiger partial charge in [0.25, 0.3) is 5.91 Å². The maximum atomic E-state index is 12.3. The fraction of sp³-hybridized carbons (Fsp3) is 0.143. The third-order valence-electron chi connectivity index (χ3n) is 4.28. The lowest BCUT2D eigenvalue weighted by Crippen LogP contribution is -2.22. The van der Waals surface area contributed by atoms with Crippen LogP contribution in [0.5, 0.6) is 17.2 Å². The van der Waals surface area contributed by atoms with E-state index in [1.54, 1.807) is 25.4 Å². The molecular weight excluding hydrogens is 358 g/mol. The van der Waals surface area contributed by atoms with Crippen molar-refractivity contribution in [2.75, 3.05) is 19.2 Å². The minimum atomic E-state index is -0.182. The molecule has 0 unspecified atom stereocenters. The zero-order chi connectivity index (χ0) is 19.3. The van der Waals surface area contributed by atoms with Gasteiger partial charge in [0.05, 0.1) is 12.7 Å². The molecular formula is C21H19N3O4. The number of carbonyl (C=O) groups excluding carboxylic acids is 1. The molecule has 2 heterocycles. The Balaban J connectivity index is 1.35. The van der Waals surface area contributed by atoms with Crippen LogP contribution in [0, 0.1) is 0 Å². The third-order valence-corrected chi connectivity index (χ3v) is 4.28. The summed E-state index contributed by atoms with van der Waals surface area (Å²) in [7, 11) is 1.62. The molecule has 4 rings (SSSR count). The van der Waals surface area contributed by atoms with Crippen LogP contribution in [0.1, 0.15) is 15.9 Å². The van der Waals surface area contributed by atoms with Crippen LogP contribution in [0.4, 0.5) is 11.5 Å². The van der Waals surface area contributed by atoms with Crippen molar-refractivity contribution in [1.29, 1.82) is 0 Å². The molecule has 142 valence electrons. The SMILES string of the molecule is COc1ccc(CNC(=O)c2ccc(Nc3ccc4c(c3)OCO4)nc2)cc1. The van der Waals surface area contributed by atoms with Gasteiger partial charge in [-0.25, -0.2) is 4.98 Å². The Morgan fingerprint density at radius 1 is 1.07 bits per heavy atom. The van der Waals surface area contributed by atoms with Gasteiger partial charge in [-0.15, -0.1) is 0 Å². The summed E-state index contributed by atoms with van der Waals surface area (Å²) in [5.41, 5.74) is 2.31. The van der Waals surface area contributed by atoms with Crippen LogP contribution >= 0.6 is 0 Å². The Bertz CT molecular complexity index is 972. The molecule has 1 aromatic heterocycles. The highest BCUT2D eigenvalue weighted by Crippen LogP contribution is 2.34. The second-order valence-corrected chi connectivity index (χ2v) is 6.16. The van der Waals surface area contributed by atoms with E-state index < -0.39 is 0 Å². The van der Waals surface area contributed by atoms with Crippen LogP contribution in [0.25, 0.3) is 0 Å². The molecule has 0 saturated heterocycles. The average Bonchev–Trinajstić information content (AvgIpc) is 3.21. The Hall–Kier alpha value is -3.74. The number of ether oxygens (including phenoxy) is 3. The maximum Gasteiger partial charge on any atom is 0.253 e. The van der Waals surface area contributed by atoms with Crippen molar-refractivity contribution in [2.45, 2.75) is 6.54 Å². The van der Waals surface area contributed by atoms with E-state index in [2.05, 4.69) is 15.6 Å². The molecule has 3 aromatic rings. The first-order valence-corrected chi connectivity index (χ1v) is 8.75. The molecule has 0 radical (unpaired) electrons. The molecule has 2 N–H and O–H groups in total. The zero-order valence-corrected chi connectivity index (χ0v) is 15.3. The van der Waals surface area contributed by atoms with Gasteiger partial charge in [-0.05, 0) is 42.0 Å². The number of benzene rings is 2. The number of amides is 1. The van der Waals surface area contributed by atoms with Crippen LogP contribution in [0.15, 0.2) is 60.8 Å². The number of anilines is 2. The molecule has 0 atom stereocenters. The van der Waals surface area contributed by atoms with Crippen molar-refractivity contribution in [3.05, 3.63) is 71.9 Å². The highest BCUT2D eigenvalue weighted by atomic mass is 16.7. The Labute approximate surface area is 162 Å². The summed E-state index contributed by atoms with van der Waals surface area (Å²) in [5, 5.41) is 6.06. The lowest BCUT2D eigenvalue weighted by Gasteiger charge is -2.08. The normalized spacial score (nSPS) is 11.8. The molecule has 0 spiro atoms. The summed E-state index contributed by atoms with van der Waals surface area (Å²) in [6, 6.07) is 16.6. The van der Waals surface area contributed by atoms with Gasteiger partial charge in [-0.2, -0.15) is 0 Å². The maximum absolute atomic E-state index is 12.3. The number of nitrogens with zero attached hydrogens (tertiary/aromatic N) is 1. The first-order valence-electron chi connectivity index (χ1n) is 8.75. The summed E-state index contributed by atoms with van der Waals surface area (Å²) >= 11 is 0. The third kappa shape index (κ3) is 3.98. The van der Waals surface area contributed by atoms with E-state index in [4.69, 9.17) is 14.2 Å². The molecule has 0 aliphatic carbocycles. The van der Waals surface area contributed by atoms with Crippen LogP contribution in [-0.2, 0) is 6.54 Å². The van der Waals surface area contributed by atoms with Crippen molar-refractivity contribution >= 4 is 17.4 Å². The van der Waals surface area contributed by atoms with Gasteiger partial charge in [0, 0.05) is 24.5 Å². The second kappa shape index (κ2) is 7.87. The minimum Gasteiger partial charge on any atom is -0.497 e. The molecule has 1 aliphatic rings. The van der Waals surface area contributed by atoms with Crippen LogP contribution in [0.3, 0.4) is 0 Å². The van der Waals surface area contributed by atoms with Crippen molar-refractivity contribution in [1.82, 2.24) is 10.3 Å². The lowest BCUT2D eigenvalue weighted by atomic mass is 10.2. The summed E-state index contributed by atoms with van der Waals surface area (Å²) in [5.74, 6) is 2.65. The van der Waals surface area contributed by atoms with Gasteiger partial charge in [0.1, 0.15) is 11.6 Å². The number of methoxy groups -OCH3 is 1. The number of nitrogens with one attached hydrogen (secondary N) is 2. The van der Waals surface area contributed by atoms with Gasteiger partial charge in [0.15, 0.2) is 11.5 Å². The number of rotatable bonds is 6. The van der Waals surface area contributed by atoms with E-state index in [1.807, 2.05) is 42.5 Å². The van der Waals surface area contributed by atoms with E-state index in [9.17, 15) is 4.79 Å². The average molecular weight is 377 g/mol. The van der Waals surface area contributed by atoms with E-state index in [0.717, 1.165) is 22.7 Å². The molecule has 0 bridgehead atoms. The predicted molar refractivity (Wildman–Crippen MR) is 104 cm³/mol. The van der Waals surface area contributed by atoms with E-state index in [-0.39, 0.29) is 12.7 Å². The quantitative estimate of drug-likeness (QED) is 0.684. The summed E-state index contributed by atoms with van der Waals surface area (Å²) < 4.78 is 15.8. The fourth-order valence-electron chi connectivity index (χ4n) is 2.75. The number of fused-ring (bicyclic) bond motifs is 1. The Morgan fingerprint density at radius 2 is 1.89 bits per heavy atom. The number of pyridine rings is 1. The van der Waals surface area contributed by atoms with Crippen molar-refractivity contribution in [3.63, 3.8) is 0 Å². The standard InChI is InChI=1S/C21H19N3O4/c1-26-17-6-2-14(3-7-17)11-23-21(25)15-4-9-20(22-12-15)24-16-5-8-18-19(10-16)28-13-27-18/h2-10,12H,11,13H2,1H3,(H,22,24)(H,23,25). The van der Waals surface area contributed by atoms with Crippen LogP contribution in [-0.4, -0.2) is 24.8 Å². The summed E-state index contributed by atoms with van der Waals surface area (Å²) in [6.07, 6.45) is 1.54. The van der Waals surface area contributed by atoms with Crippen molar-refractivity contribution in [2.24, 2.45) is 0 Å². The first-order chi connectivity index (χ1) is 13.7. The second-order valence-electron chi connectivity index (χ2n) is 6.16. The van der Waals surface area contributed by atoms with Gasteiger partial charge in [0.2, 0.25) is 6.79 Å². The van der Waals surface area contributed by atoms with Gasteiger partial charge >= 0.3 is 0 Å². The van der Waals surface area contributed by atoms with E-state index >= 15 is 0 Å². The van der Waals surface area contributed by atoms with Crippen LogP contribution in [0.2, 0.25) is 0 Å². The number of hydrogen-bond acceptors (Lipinski definition) is 6. The smallest absolute Gasteiger partial charge is 0.253 e. The van der Waals surface area contributed by atoms with E-state index in [0.29, 0.717) is 23.7 Å². The largest absolute Gasteiger partial charge is 0.497 e. The molecule has 28 heavy (non-hydrogen) atoms. The van der Waals surface area contributed by atoms with Crippen LogP contribution < -0.4 is 24.8 Å². The summed E-state index contributed by atoms with van der Waals surface area (Å²) in [4.78, 5) is 16.6. The fourth-order valence-corrected chi connectivity index (χ4v) is 2.75. The molecule has 7 heteroatoms. The molecule has 7 nitrogen and oxygen atoms in total. The van der Waals surface area contributed by atoms with E-state index in [1.165, 1.54) is 0 Å². The zero-order valence-electron chi connectivity index (χ0n) is 15.3. The van der Waals surface area contributed by atoms with Gasteiger partial charge in [-0.1, -0.05) is 12.1 Å². The Morgan fingerprint density at radius 3 is 2.64 bits per heavy atom. The topological polar surface area (TPSA) is 81.7 Å². The van der Waals surface area contributed by atoms with Crippen molar-refractivity contribution < 1.29 is 19.0 Å². The monoisotopic (exact) mass is 377 g/mol. The van der Waals surface area contributed by atoms with Crippen molar-refractivity contribution in [3.8, 4) is 17.2 Å². The Kier molecular flexibility index (Phi) is 4.97.